The quantitative estimate of drug-likeness (QED) is 0.602. The lowest BCUT2D eigenvalue weighted by atomic mass is 10.0. The average molecular weight is 429 g/mol. The van der Waals surface area contributed by atoms with Crippen molar-refractivity contribution in [1.29, 1.82) is 0 Å². The van der Waals surface area contributed by atoms with Gasteiger partial charge in [0, 0.05) is 31.3 Å². The Bertz CT molecular complexity index is 547. The normalized spacial score (nSPS) is 29.2. The van der Waals surface area contributed by atoms with Gasteiger partial charge in [0.2, 0.25) is 6.29 Å². The van der Waals surface area contributed by atoms with Crippen molar-refractivity contribution in [1.82, 2.24) is 9.80 Å². The van der Waals surface area contributed by atoms with E-state index in [0.717, 1.165) is 31.7 Å². The first-order valence-corrected chi connectivity index (χ1v) is 12.4. The van der Waals surface area contributed by atoms with E-state index >= 15 is 0 Å². The van der Waals surface area contributed by atoms with Crippen molar-refractivity contribution in [3.8, 4) is 0 Å². The second-order valence-corrected chi connectivity index (χ2v) is 9.56. The first kappa shape index (κ1) is 22.7. The first-order valence-electron chi connectivity index (χ1n) is 11.0. The largest absolute Gasteiger partial charge is 0.439 e. The fourth-order valence-electron chi connectivity index (χ4n) is 4.36. The molecule has 166 valence electrons. The van der Waals surface area contributed by atoms with Crippen LogP contribution in [-0.4, -0.2) is 84.6 Å². The maximum absolute atomic E-state index is 12.8. The summed E-state index contributed by atoms with van der Waals surface area (Å²) in [6, 6.07) is 0.583. The molecule has 3 atom stereocenters. The van der Waals surface area contributed by atoms with Crippen molar-refractivity contribution in [3.05, 3.63) is 0 Å². The number of nitrogens with zero attached hydrogens (tertiary/aromatic N) is 2. The van der Waals surface area contributed by atoms with E-state index in [4.69, 9.17) is 14.2 Å². The lowest BCUT2D eigenvalue weighted by Gasteiger charge is -2.40. The third-order valence-corrected chi connectivity index (χ3v) is 6.77. The third kappa shape index (κ3) is 6.25. The van der Waals surface area contributed by atoms with E-state index < -0.39 is 12.4 Å². The number of hydrogen-bond donors (Lipinski definition) is 0. The minimum absolute atomic E-state index is 0.0717. The molecule has 29 heavy (non-hydrogen) atoms. The van der Waals surface area contributed by atoms with Gasteiger partial charge in [-0.3, -0.25) is 4.79 Å². The van der Waals surface area contributed by atoms with Crippen molar-refractivity contribution in [2.24, 2.45) is 5.92 Å². The van der Waals surface area contributed by atoms with Gasteiger partial charge in [0.25, 0.3) is 0 Å². The molecule has 0 bridgehead atoms. The maximum atomic E-state index is 12.8. The smallest absolute Gasteiger partial charge is 0.410 e. The highest BCUT2D eigenvalue weighted by molar-refractivity contribution is 7.98. The number of piperidine rings is 2. The van der Waals surface area contributed by atoms with Gasteiger partial charge in [-0.15, -0.1) is 0 Å². The summed E-state index contributed by atoms with van der Waals surface area (Å²) in [7, 11) is 0. The molecule has 7 nitrogen and oxygen atoms in total. The zero-order valence-electron chi connectivity index (χ0n) is 18.0. The molecule has 3 heterocycles. The monoisotopic (exact) mass is 428 g/mol. The van der Waals surface area contributed by atoms with Crippen LogP contribution in [0.2, 0.25) is 0 Å². The van der Waals surface area contributed by atoms with Crippen LogP contribution in [0.4, 0.5) is 4.79 Å². The SMILES string of the molecule is CSCC1CC(OC(=O)N2CCC(N3CCCCC3)CC2)C(OC(=O)C(C)C)O1. The van der Waals surface area contributed by atoms with Gasteiger partial charge < -0.3 is 24.0 Å². The maximum Gasteiger partial charge on any atom is 0.410 e. The summed E-state index contributed by atoms with van der Waals surface area (Å²) in [5.74, 6) is 0.205. The average Bonchev–Trinajstić information content (AvgIpc) is 3.09. The number of likely N-dealkylation sites (tertiary alicyclic amines) is 2. The lowest BCUT2D eigenvalue weighted by Crippen LogP contribution is -2.49. The van der Waals surface area contributed by atoms with Crippen LogP contribution in [0.25, 0.3) is 0 Å². The molecular formula is C21H36N2O5S. The molecule has 3 fully saturated rings. The summed E-state index contributed by atoms with van der Waals surface area (Å²) in [4.78, 5) is 29.2. The number of esters is 1. The molecule has 3 saturated heterocycles. The Morgan fingerprint density at radius 1 is 1.07 bits per heavy atom. The Labute approximate surface area is 178 Å². The van der Waals surface area contributed by atoms with Crippen LogP contribution >= 0.6 is 11.8 Å². The Hall–Kier alpha value is -0.990. The van der Waals surface area contributed by atoms with E-state index in [0.29, 0.717) is 12.5 Å². The fourth-order valence-corrected chi connectivity index (χ4v) is 4.94. The number of ether oxygens (including phenoxy) is 3. The van der Waals surface area contributed by atoms with Crippen LogP contribution < -0.4 is 0 Å². The molecule has 1 amide bonds. The van der Waals surface area contributed by atoms with Crippen LogP contribution in [0.15, 0.2) is 0 Å². The summed E-state index contributed by atoms with van der Waals surface area (Å²) in [6.07, 6.45) is 6.74. The van der Waals surface area contributed by atoms with Crippen LogP contribution in [0, 0.1) is 5.92 Å². The van der Waals surface area contributed by atoms with E-state index in [1.807, 2.05) is 6.26 Å². The van der Waals surface area contributed by atoms with Crippen molar-refractivity contribution in [2.45, 2.75) is 76.9 Å². The Morgan fingerprint density at radius 2 is 1.76 bits per heavy atom. The summed E-state index contributed by atoms with van der Waals surface area (Å²) in [5.41, 5.74) is 0. The number of thioether (sulfide) groups is 1. The highest BCUT2D eigenvalue weighted by Crippen LogP contribution is 2.28. The molecule has 3 rings (SSSR count). The molecule has 0 aromatic heterocycles. The fraction of sp³-hybridized carbons (Fsp3) is 0.905. The van der Waals surface area contributed by atoms with E-state index in [-0.39, 0.29) is 24.1 Å². The van der Waals surface area contributed by atoms with Gasteiger partial charge in [-0.2, -0.15) is 11.8 Å². The van der Waals surface area contributed by atoms with Gasteiger partial charge in [-0.25, -0.2) is 4.79 Å². The minimum Gasteiger partial charge on any atom is -0.439 e. The highest BCUT2D eigenvalue weighted by Gasteiger charge is 2.41. The Morgan fingerprint density at radius 3 is 2.38 bits per heavy atom. The van der Waals surface area contributed by atoms with Gasteiger partial charge in [-0.05, 0) is 45.0 Å². The van der Waals surface area contributed by atoms with Crippen LogP contribution in [-0.2, 0) is 19.0 Å². The predicted octanol–water partition coefficient (Wildman–Crippen LogP) is 3.12. The molecule has 3 aliphatic rings. The molecule has 8 heteroatoms. The second-order valence-electron chi connectivity index (χ2n) is 8.65. The molecule has 0 aromatic rings. The molecule has 0 spiro atoms. The van der Waals surface area contributed by atoms with Crippen LogP contribution in [0.5, 0.6) is 0 Å². The van der Waals surface area contributed by atoms with E-state index in [1.54, 1.807) is 30.5 Å². The zero-order chi connectivity index (χ0) is 20.8. The standard InChI is InChI=1S/C21H36N2O5S/c1-15(2)19(24)28-20-18(13-17(26-20)14-29-3)27-21(25)23-11-7-16(8-12-23)22-9-5-4-6-10-22/h15-18,20H,4-14H2,1-3H3. The number of carbonyl (C=O) groups is 2. The Balaban J connectivity index is 1.50. The molecule has 0 radical (unpaired) electrons. The van der Waals surface area contributed by atoms with E-state index in [9.17, 15) is 9.59 Å². The summed E-state index contributed by atoms with van der Waals surface area (Å²) >= 11 is 1.67. The summed E-state index contributed by atoms with van der Waals surface area (Å²) in [6.45, 7) is 7.38. The topological polar surface area (TPSA) is 68.3 Å². The zero-order valence-corrected chi connectivity index (χ0v) is 18.8. The van der Waals surface area contributed by atoms with Gasteiger partial charge in [0.05, 0.1) is 12.0 Å². The van der Waals surface area contributed by atoms with Crippen LogP contribution in [0.3, 0.4) is 0 Å². The number of hydrogen-bond acceptors (Lipinski definition) is 7. The van der Waals surface area contributed by atoms with Gasteiger partial charge >= 0.3 is 12.1 Å². The molecule has 0 saturated carbocycles. The second kappa shape index (κ2) is 10.9. The first-order chi connectivity index (χ1) is 14.0. The summed E-state index contributed by atoms with van der Waals surface area (Å²) < 4.78 is 17.1. The minimum atomic E-state index is -0.808. The molecule has 0 N–H and O–H groups in total. The van der Waals surface area contributed by atoms with E-state index in [2.05, 4.69) is 4.90 Å². The lowest BCUT2D eigenvalue weighted by molar-refractivity contribution is -0.190. The van der Waals surface area contributed by atoms with Gasteiger partial charge in [0.1, 0.15) is 0 Å². The number of carbonyl (C=O) groups excluding carboxylic acids is 2. The van der Waals surface area contributed by atoms with Gasteiger partial charge in [0.15, 0.2) is 6.10 Å². The van der Waals surface area contributed by atoms with Crippen molar-refractivity contribution in [2.75, 3.05) is 38.2 Å². The molecule has 0 aromatic carbocycles. The predicted molar refractivity (Wildman–Crippen MR) is 113 cm³/mol. The van der Waals surface area contributed by atoms with Crippen molar-refractivity contribution < 1.29 is 23.8 Å². The number of rotatable bonds is 6. The molecule has 3 unspecified atom stereocenters. The van der Waals surface area contributed by atoms with Crippen molar-refractivity contribution >= 4 is 23.8 Å². The molecule has 0 aliphatic carbocycles. The van der Waals surface area contributed by atoms with Crippen LogP contribution in [0.1, 0.15) is 52.4 Å². The molecule has 3 aliphatic heterocycles. The van der Waals surface area contributed by atoms with Gasteiger partial charge in [-0.1, -0.05) is 20.3 Å². The molecular weight excluding hydrogens is 392 g/mol. The Kier molecular flexibility index (Phi) is 8.50. The number of amides is 1. The highest BCUT2D eigenvalue weighted by atomic mass is 32.2. The van der Waals surface area contributed by atoms with E-state index in [1.165, 1.54) is 32.4 Å². The summed E-state index contributed by atoms with van der Waals surface area (Å²) in [5, 5.41) is 0. The third-order valence-electron chi connectivity index (χ3n) is 6.06. The van der Waals surface area contributed by atoms with Crippen molar-refractivity contribution in [3.63, 3.8) is 0 Å².